The fourth-order valence-electron chi connectivity index (χ4n) is 4.29. The van der Waals surface area contributed by atoms with Crippen molar-refractivity contribution in [1.29, 1.82) is 0 Å². The van der Waals surface area contributed by atoms with Crippen molar-refractivity contribution in [3.05, 3.63) is 81.3 Å². The topological polar surface area (TPSA) is 66.9 Å². The smallest absolute Gasteiger partial charge is 0.243 e. The zero-order chi connectivity index (χ0) is 26.6. The van der Waals surface area contributed by atoms with Gasteiger partial charge in [0.2, 0.25) is 15.9 Å². The Morgan fingerprint density at radius 1 is 1.19 bits per heavy atom. The Morgan fingerprint density at radius 2 is 1.92 bits per heavy atom. The first-order valence-electron chi connectivity index (χ1n) is 12.2. The highest BCUT2D eigenvalue weighted by Crippen LogP contribution is 2.34. The number of carbonyl (C=O) groups is 1. The second-order valence-electron chi connectivity index (χ2n) is 9.37. The monoisotopic (exact) mass is 564 g/mol. The minimum atomic E-state index is -3.93. The lowest BCUT2D eigenvalue weighted by atomic mass is 10.0. The third-order valence-corrected chi connectivity index (χ3v) is 9.48. The summed E-state index contributed by atoms with van der Waals surface area (Å²) in [6, 6.07) is 13.6. The zero-order valence-electron chi connectivity index (χ0n) is 20.8. The summed E-state index contributed by atoms with van der Waals surface area (Å²) in [4.78, 5) is 16.6. The average molecular weight is 565 g/mol. The van der Waals surface area contributed by atoms with E-state index in [2.05, 4.69) is 0 Å². The van der Waals surface area contributed by atoms with Gasteiger partial charge in [-0.2, -0.15) is 4.31 Å². The van der Waals surface area contributed by atoms with E-state index < -0.39 is 21.9 Å². The van der Waals surface area contributed by atoms with Crippen LogP contribution in [0.25, 0.3) is 0 Å². The molecule has 1 aromatic heterocycles. The van der Waals surface area contributed by atoms with Gasteiger partial charge in [-0.25, -0.2) is 12.8 Å². The summed E-state index contributed by atoms with van der Waals surface area (Å²) in [5.74, 6) is -0.430. The summed E-state index contributed by atoms with van der Waals surface area (Å²) in [7, 11) is -3.93. The van der Waals surface area contributed by atoms with E-state index in [1.165, 1.54) is 34.6 Å². The maximum absolute atomic E-state index is 14.2. The van der Waals surface area contributed by atoms with Crippen LogP contribution in [-0.4, -0.2) is 49.8 Å². The Labute approximate surface area is 226 Å². The summed E-state index contributed by atoms with van der Waals surface area (Å²) >= 11 is 7.57. The van der Waals surface area contributed by atoms with Crippen LogP contribution in [0.15, 0.2) is 64.9 Å². The van der Waals surface area contributed by atoms with Crippen molar-refractivity contribution in [2.45, 2.75) is 37.6 Å². The van der Waals surface area contributed by atoms with Gasteiger partial charge in [-0.05, 0) is 72.2 Å². The molecule has 0 N–H and O–H groups in total. The number of fused-ring (bicyclic) bond motifs is 1. The lowest BCUT2D eigenvalue weighted by molar-refractivity contribution is -0.135. The first-order chi connectivity index (χ1) is 17.7. The zero-order valence-corrected chi connectivity index (χ0v) is 23.2. The number of hydrogen-bond donors (Lipinski definition) is 0. The Morgan fingerprint density at radius 3 is 2.62 bits per heavy atom. The number of sulfonamides is 1. The van der Waals surface area contributed by atoms with Crippen LogP contribution in [0.3, 0.4) is 0 Å². The maximum atomic E-state index is 14.2. The molecule has 0 aliphatic carbocycles. The molecule has 4 rings (SSSR count). The lowest BCUT2D eigenvalue weighted by Gasteiger charge is -2.37. The van der Waals surface area contributed by atoms with Gasteiger partial charge in [-0.3, -0.25) is 4.79 Å². The second kappa shape index (κ2) is 11.9. The fraction of sp³-hybridized carbons (Fsp3) is 0.370. The molecule has 1 amide bonds. The average Bonchev–Trinajstić information content (AvgIpc) is 3.35. The molecule has 0 saturated heterocycles. The van der Waals surface area contributed by atoms with Crippen LogP contribution in [-0.2, 0) is 21.2 Å². The van der Waals surface area contributed by atoms with Gasteiger partial charge in [0, 0.05) is 23.0 Å². The third-order valence-electron chi connectivity index (χ3n) is 6.37. The highest BCUT2D eigenvalue weighted by molar-refractivity contribution is 7.89. The van der Waals surface area contributed by atoms with E-state index in [-0.39, 0.29) is 42.2 Å². The van der Waals surface area contributed by atoms with E-state index in [1.54, 1.807) is 34.4 Å². The number of carbonyl (C=O) groups excluding carboxylic acids is 1. The molecular weight excluding hydrogens is 535 g/mol. The number of halogens is 2. The van der Waals surface area contributed by atoms with E-state index in [9.17, 15) is 17.6 Å². The molecule has 1 unspecified atom stereocenters. The number of thiophene rings is 1. The van der Waals surface area contributed by atoms with Crippen LogP contribution in [0.4, 0.5) is 4.39 Å². The van der Waals surface area contributed by atoms with E-state index >= 15 is 0 Å². The molecule has 6 nitrogen and oxygen atoms in total. The molecular formula is C27H30ClFN2O4S2. The molecule has 198 valence electrons. The lowest BCUT2D eigenvalue weighted by Crippen LogP contribution is -2.48. The molecule has 0 saturated carbocycles. The van der Waals surface area contributed by atoms with E-state index in [0.717, 1.165) is 10.4 Å². The van der Waals surface area contributed by atoms with Gasteiger partial charge in [0.25, 0.3) is 0 Å². The van der Waals surface area contributed by atoms with Crippen molar-refractivity contribution >= 4 is 38.9 Å². The molecule has 37 heavy (non-hydrogen) atoms. The Bertz CT molecular complexity index is 1330. The highest BCUT2D eigenvalue weighted by atomic mass is 35.5. The normalized spacial score (nSPS) is 15.7. The van der Waals surface area contributed by atoms with Crippen LogP contribution in [0, 0.1) is 11.7 Å². The molecule has 2 heterocycles. The van der Waals surface area contributed by atoms with Crippen molar-refractivity contribution in [2.75, 3.05) is 26.2 Å². The summed E-state index contributed by atoms with van der Waals surface area (Å²) in [5, 5.41) is 2.40. The van der Waals surface area contributed by atoms with Crippen LogP contribution in [0.1, 0.15) is 36.8 Å². The largest absolute Gasteiger partial charge is 0.488 e. The molecule has 1 aliphatic heterocycles. The third kappa shape index (κ3) is 6.52. The summed E-state index contributed by atoms with van der Waals surface area (Å²) < 4.78 is 48.3. The van der Waals surface area contributed by atoms with Gasteiger partial charge in [0.1, 0.15) is 6.61 Å². The minimum absolute atomic E-state index is 0.0618. The number of amides is 1. The van der Waals surface area contributed by atoms with Crippen LogP contribution >= 0.6 is 22.9 Å². The molecule has 0 fully saturated rings. The summed E-state index contributed by atoms with van der Waals surface area (Å²) in [6.07, 6.45) is 1.28. The predicted molar refractivity (Wildman–Crippen MR) is 144 cm³/mol. The second-order valence-corrected chi connectivity index (χ2v) is 12.7. The molecule has 3 aromatic rings. The number of nitrogens with zero attached hydrogens (tertiary/aromatic N) is 2. The summed E-state index contributed by atoms with van der Waals surface area (Å²) in [5.41, 5.74) is 0.954. The Kier molecular flexibility index (Phi) is 8.90. The van der Waals surface area contributed by atoms with Crippen molar-refractivity contribution in [2.24, 2.45) is 5.92 Å². The highest BCUT2D eigenvalue weighted by Gasteiger charge is 2.35. The van der Waals surface area contributed by atoms with Gasteiger partial charge in [-0.1, -0.05) is 37.6 Å². The molecule has 0 radical (unpaired) electrons. The fourth-order valence-corrected chi connectivity index (χ4v) is 6.75. The van der Waals surface area contributed by atoms with Gasteiger partial charge >= 0.3 is 0 Å². The Hall–Kier alpha value is -2.46. The first-order valence-corrected chi connectivity index (χ1v) is 14.9. The SMILES string of the molecule is CC(C)CCN(CC(=O)N1CCc2sccc2C1COc1ccccc1F)S(=O)(=O)c1ccc(Cl)cc1. The van der Waals surface area contributed by atoms with Crippen molar-refractivity contribution in [3.8, 4) is 5.75 Å². The standard InChI is InChI=1S/C27H30ClFN2O4S2/c1-19(2)11-14-30(37(33,34)21-9-7-20(28)8-10-21)17-27(32)31-15-12-26-22(13-16-36-26)24(31)18-35-25-6-4-3-5-23(25)29/h3-10,13,16,19,24H,11-12,14-15,17-18H2,1-2H3. The molecule has 0 spiro atoms. The summed E-state index contributed by atoms with van der Waals surface area (Å²) in [6.45, 7) is 4.42. The minimum Gasteiger partial charge on any atom is -0.488 e. The van der Waals surface area contributed by atoms with E-state index in [0.29, 0.717) is 24.4 Å². The van der Waals surface area contributed by atoms with Crippen LogP contribution < -0.4 is 4.74 Å². The number of hydrogen-bond acceptors (Lipinski definition) is 5. The van der Waals surface area contributed by atoms with Gasteiger partial charge in [0.15, 0.2) is 11.6 Å². The van der Waals surface area contributed by atoms with Crippen molar-refractivity contribution in [1.82, 2.24) is 9.21 Å². The number of rotatable bonds is 10. The molecule has 0 bridgehead atoms. The van der Waals surface area contributed by atoms with E-state index in [4.69, 9.17) is 16.3 Å². The van der Waals surface area contributed by atoms with Crippen LogP contribution in [0.2, 0.25) is 5.02 Å². The number of benzene rings is 2. The first kappa shape index (κ1) is 27.6. The van der Waals surface area contributed by atoms with Gasteiger partial charge < -0.3 is 9.64 Å². The quantitative estimate of drug-likeness (QED) is 0.313. The molecule has 1 atom stereocenters. The Balaban J connectivity index is 1.58. The van der Waals surface area contributed by atoms with Gasteiger partial charge in [0.05, 0.1) is 17.5 Å². The van der Waals surface area contributed by atoms with E-state index in [1.807, 2.05) is 25.3 Å². The maximum Gasteiger partial charge on any atom is 0.243 e. The van der Waals surface area contributed by atoms with Crippen molar-refractivity contribution in [3.63, 3.8) is 0 Å². The predicted octanol–water partition coefficient (Wildman–Crippen LogP) is 5.78. The molecule has 2 aromatic carbocycles. The number of ether oxygens (including phenoxy) is 1. The molecule has 1 aliphatic rings. The molecule has 10 heteroatoms. The van der Waals surface area contributed by atoms with Crippen LogP contribution in [0.5, 0.6) is 5.75 Å². The number of para-hydroxylation sites is 1. The van der Waals surface area contributed by atoms with Crippen molar-refractivity contribution < 1.29 is 22.3 Å². The van der Waals surface area contributed by atoms with Gasteiger partial charge in [-0.15, -0.1) is 11.3 Å².